The summed E-state index contributed by atoms with van der Waals surface area (Å²) in [4.78, 5) is 15.9. The van der Waals surface area contributed by atoms with Crippen LogP contribution in [0.3, 0.4) is 0 Å². The molecule has 0 fully saturated rings. The lowest BCUT2D eigenvalue weighted by atomic mass is 10.2. The second-order valence-corrected chi connectivity index (χ2v) is 5.91. The third kappa shape index (κ3) is 4.57. The molecule has 0 radical (unpaired) electrons. The van der Waals surface area contributed by atoms with Crippen LogP contribution in [-0.2, 0) is 11.3 Å². The molecule has 0 saturated heterocycles. The summed E-state index contributed by atoms with van der Waals surface area (Å²) < 4.78 is 10.8. The quantitative estimate of drug-likeness (QED) is 0.651. The Balaban J connectivity index is 1.50. The van der Waals surface area contributed by atoms with Gasteiger partial charge in [-0.1, -0.05) is 30.0 Å². The Hall–Kier alpha value is -2.87. The van der Waals surface area contributed by atoms with Crippen LogP contribution < -0.4 is 10.1 Å². The number of hydrogen-bond acceptors (Lipinski definition) is 7. The summed E-state index contributed by atoms with van der Waals surface area (Å²) in [6, 6.07) is 11.1. The normalized spacial score (nSPS) is 10.4. The molecule has 0 aliphatic carbocycles. The SMILES string of the molecule is COc1ccccc1CNC(=O)CSc1nnc(-c2ccncc2)o1. The minimum atomic E-state index is -0.125. The molecule has 2 heterocycles. The molecule has 1 amide bonds. The number of hydrogen-bond donors (Lipinski definition) is 1. The fourth-order valence-corrected chi connectivity index (χ4v) is 2.69. The van der Waals surface area contributed by atoms with Gasteiger partial charge < -0.3 is 14.5 Å². The Bertz CT molecular complexity index is 839. The van der Waals surface area contributed by atoms with Crippen LogP contribution in [0, 0.1) is 0 Å². The summed E-state index contributed by atoms with van der Waals surface area (Å²) in [5.41, 5.74) is 1.70. The van der Waals surface area contributed by atoms with Crippen molar-refractivity contribution in [2.75, 3.05) is 12.9 Å². The number of aromatic nitrogens is 3. The van der Waals surface area contributed by atoms with Crippen LogP contribution in [0.2, 0.25) is 0 Å². The zero-order chi connectivity index (χ0) is 17.5. The maximum absolute atomic E-state index is 12.0. The lowest BCUT2D eigenvalue weighted by Crippen LogP contribution is -2.24. The van der Waals surface area contributed by atoms with Gasteiger partial charge in [0, 0.05) is 30.1 Å². The number of methoxy groups -OCH3 is 1. The summed E-state index contributed by atoms with van der Waals surface area (Å²) >= 11 is 1.19. The van der Waals surface area contributed by atoms with E-state index in [0.717, 1.165) is 16.9 Å². The predicted octanol–water partition coefficient (Wildman–Crippen LogP) is 2.55. The van der Waals surface area contributed by atoms with Crippen molar-refractivity contribution < 1.29 is 13.9 Å². The highest BCUT2D eigenvalue weighted by Gasteiger charge is 2.11. The molecule has 1 N–H and O–H groups in total. The number of carbonyl (C=O) groups is 1. The van der Waals surface area contributed by atoms with Gasteiger partial charge in [-0.05, 0) is 18.2 Å². The number of benzene rings is 1. The molecule has 7 nitrogen and oxygen atoms in total. The van der Waals surface area contributed by atoms with Gasteiger partial charge in [-0.25, -0.2) is 0 Å². The Morgan fingerprint density at radius 3 is 2.80 bits per heavy atom. The van der Waals surface area contributed by atoms with Crippen molar-refractivity contribution in [3.8, 4) is 17.2 Å². The standard InChI is InChI=1S/C17H16N4O3S/c1-23-14-5-3-2-4-13(14)10-19-15(22)11-25-17-21-20-16(24-17)12-6-8-18-9-7-12/h2-9H,10-11H2,1H3,(H,19,22). The van der Waals surface area contributed by atoms with Crippen LogP contribution in [0.4, 0.5) is 0 Å². The predicted molar refractivity (Wildman–Crippen MR) is 93.1 cm³/mol. The minimum Gasteiger partial charge on any atom is -0.496 e. The Morgan fingerprint density at radius 1 is 1.20 bits per heavy atom. The van der Waals surface area contributed by atoms with Crippen molar-refractivity contribution in [2.24, 2.45) is 0 Å². The van der Waals surface area contributed by atoms with Crippen LogP contribution in [0.15, 0.2) is 58.4 Å². The van der Waals surface area contributed by atoms with E-state index in [2.05, 4.69) is 20.5 Å². The highest BCUT2D eigenvalue weighted by atomic mass is 32.2. The van der Waals surface area contributed by atoms with Crippen LogP contribution in [0.1, 0.15) is 5.56 Å². The second-order valence-electron chi connectivity index (χ2n) is 4.99. The van der Waals surface area contributed by atoms with Gasteiger partial charge in [0.05, 0.1) is 12.9 Å². The third-order valence-electron chi connectivity index (χ3n) is 3.33. The van der Waals surface area contributed by atoms with Crippen molar-refractivity contribution >= 4 is 17.7 Å². The van der Waals surface area contributed by atoms with E-state index < -0.39 is 0 Å². The first kappa shape index (κ1) is 17.0. The number of para-hydroxylation sites is 1. The second kappa shape index (κ2) is 8.29. The van der Waals surface area contributed by atoms with Gasteiger partial charge in [-0.3, -0.25) is 9.78 Å². The summed E-state index contributed by atoms with van der Waals surface area (Å²) in [5.74, 6) is 1.21. The maximum Gasteiger partial charge on any atom is 0.277 e. The van der Waals surface area contributed by atoms with Crippen molar-refractivity contribution in [2.45, 2.75) is 11.8 Å². The fraction of sp³-hybridized carbons (Fsp3) is 0.176. The Kier molecular flexibility index (Phi) is 5.63. The fourth-order valence-electron chi connectivity index (χ4n) is 2.10. The molecule has 0 unspecified atom stereocenters. The van der Waals surface area contributed by atoms with E-state index in [0.29, 0.717) is 17.7 Å². The number of pyridine rings is 1. The summed E-state index contributed by atoms with van der Waals surface area (Å²) in [7, 11) is 1.60. The van der Waals surface area contributed by atoms with Crippen molar-refractivity contribution in [3.05, 3.63) is 54.4 Å². The van der Waals surface area contributed by atoms with E-state index in [1.807, 2.05) is 24.3 Å². The molecule has 3 aromatic rings. The molecule has 1 aromatic carbocycles. The lowest BCUT2D eigenvalue weighted by Gasteiger charge is -2.08. The molecule has 0 aliphatic rings. The van der Waals surface area contributed by atoms with Gasteiger partial charge >= 0.3 is 0 Å². The van der Waals surface area contributed by atoms with Crippen molar-refractivity contribution in [3.63, 3.8) is 0 Å². The molecular formula is C17H16N4O3S. The first-order valence-electron chi connectivity index (χ1n) is 7.51. The molecule has 3 rings (SSSR count). The number of carbonyl (C=O) groups excluding carboxylic acids is 1. The number of ether oxygens (including phenoxy) is 1. The lowest BCUT2D eigenvalue weighted by molar-refractivity contribution is -0.118. The van der Waals surface area contributed by atoms with Crippen LogP contribution >= 0.6 is 11.8 Å². The zero-order valence-electron chi connectivity index (χ0n) is 13.5. The van der Waals surface area contributed by atoms with E-state index >= 15 is 0 Å². The van der Waals surface area contributed by atoms with Crippen LogP contribution in [-0.4, -0.2) is 34.0 Å². The highest BCUT2D eigenvalue weighted by molar-refractivity contribution is 7.99. The average Bonchev–Trinajstić information content (AvgIpc) is 3.14. The van der Waals surface area contributed by atoms with E-state index in [1.165, 1.54) is 11.8 Å². The van der Waals surface area contributed by atoms with Gasteiger partial charge in [-0.2, -0.15) is 0 Å². The van der Waals surface area contributed by atoms with Gasteiger partial charge in [0.1, 0.15) is 5.75 Å². The van der Waals surface area contributed by atoms with Gasteiger partial charge in [-0.15, -0.1) is 10.2 Å². The Labute approximate surface area is 148 Å². The van der Waals surface area contributed by atoms with Gasteiger partial charge in [0.15, 0.2) is 0 Å². The van der Waals surface area contributed by atoms with E-state index in [9.17, 15) is 4.79 Å². The topological polar surface area (TPSA) is 90.1 Å². The van der Waals surface area contributed by atoms with Crippen molar-refractivity contribution in [1.82, 2.24) is 20.5 Å². The van der Waals surface area contributed by atoms with Crippen LogP contribution in [0.25, 0.3) is 11.5 Å². The minimum absolute atomic E-state index is 0.125. The van der Waals surface area contributed by atoms with Crippen molar-refractivity contribution in [1.29, 1.82) is 0 Å². The number of amides is 1. The molecule has 0 saturated carbocycles. The van der Waals surface area contributed by atoms with Crippen LogP contribution in [0.5, 0.6) is 5.75 Å². The van der Waals surface area contributed by atoms with Gasteiger partial charge in [0.25, 0.3) is 5.22 Å². The van der Waals surface area contributed by atoms with Gasteiger partial charge in [0.2, 0.25) is 11.8 Å². The monoisotopic (exact) mass is 356 g/mol. The smallest absolute Gasteiger partial charge is 0.277 e. The summed E-state index contributed by atoms with van der Waals surface area (Å²) in [5, 5.41) is 11.1. The van der Waals surface area contributed by atoms with E-state index in [-0.39, 0.29) is 11.7 Å². The number of rotatable bonds is 7. The molecule has 8 heteroatoms. The first-order valence-corrected chi connectivity index (χ1v) is 8.50. The third-order valence-corrected chi connectivity index (χ3v) is 4.15. The molecule has 0 spiro atoms. The Morgan fingerprint density at radius 2 is 2.00 bits per heavy atom. The maximum atomic E-state index is 12.0. The largest absolute Gasteiger partial charge is 0.496 e. The molecular weight excluding hydrogens is 340 g/mol. The molecule has 0 aliphatic heterocycles. The molecule has 0 bridgehead atoms. The average molecular weight is 356 g/mol. The highest BCUT2D eigenvalue weighted by Crippen LogP contribution is 2.22. The summed E-state index contributed by atoms with van der Waals surface area (Å²) in [6.45, 7) is 0.398. The molecule has 25 heavy (non-hydrogen) atoms. The molecule has 128 valence electrons. The number of nitrogens with zero attached hydrogens (tertiary/aromatic N) is 3. The molecule has 2 aromatic heterocycles. The van der Waals surface area contributed by atoms with E-state index in [1.54, 1.807) is 31.6 Å². The number of thioether (sulfide) groups is 1. The molecule has 0 atom stereocenters. The first-order chi connectivity index (χ1) is 12.3. The summed E-state index contributed by atoms with van der Waals surface area (Å²) in [6.07, 6.45) is 3.30. The van der Waals surface area contributed by atoms with E-state index in [4.69, 9.17) is 9.15 Å². The number of nitrogens with one attached hydrogen (secondary N) is 1. The zero-order valence-corrected chi connectivity index (χ0v) is 14.3.